The third-order valence-electron chi connectivity index (χ3n) is 4.66. The molecule has 0 aliphatic heterocycles. The molecule has 0 bridgehead atoms. The molecular weight excluding hydrogens is 453 g/mol. The molecule has 2 N–H and O–H groups in total. The van der Waals surface area contributed by atoms with Gasteiger partial charge in [0.1, 0.15) is 5.82 Å². The number of anilines is 1. The standard InChI is InChI=1S/C23H23F3N4O4/c1-3-34-21(31)19-12-20(30(29-19)17-7-5-4-6-8-17)28-22(32)27-13-16-11-15(14-33-2)9-10-18(16)23(24,25)26/h4-12H,3,13-14H2,1-2H3,(H2,27,28,32). The maximum absolute atomic E-state index is 13.4. The fourth-order valence-corrected chi connectivity index (χ4v) is 3.20. The first-order valence-corrected chi connectivity index (χ1v) is 10.3. The molecule has 8 nitrogen and oxygen atoms in total. The summed E-state index contributed by atoms with van der Waals surface area (Å²) in [6, 6.07) is 12.9. The van der Waals surface area contributed by atoms with Crippen molar-refractivity contribution in [2.45, 2.75) is 26.3 Å². The predicted molar refractivity (Wildman–Crippen MR) is 118 cm³/mol. The molecular formula is C23H23F3N4O4. The van der Waals surface area contributed by atoms with E-state index in [4.69, 9.17) is 9.47 Å². The normalized spacial score (nSPS) is 11.2. The highest BCUT2D eigenvalue weighted by Crippen LogP contribution is 2.32. The Morgan fingerprint density at radius 2 is 1.82 bits per heavy atom. The minimum Gasteiger partial charge on any atom is -0.461 e. The molecule has 0 saturated heterocycles. The van der Waals surface area contributed by atoms with Crippen molar-refractivity contribution >= 4 is 17.8 Å². The molecule has 0 saturated carbocycles. The predicted octanol–water partition coefficient (Wildman–Crippen LogP) is 4.54. The molecule has 180 valence electrons. The largest absolute Gasteiger partial charge is 0.461 e. The molecule has 2 amide bonds. The number of nitrogens with zero attached hydrogens (tertiary/aromatic N) is 2. The van der Waals surface area contributed by atoms with Crippen LogP contribution in [-0.2, 0) is 28.8 Å². The number of carbonyl (C=O) groups is 2. The minimum atomic E-state index is -4.58. The first kappa shape index (κ1) is 24.8. The van der Waals surface area contributed by atoms with Crippen LogP contribution in [0.15, 0.2) is 54.6 Å². The topological polar surface area (TPSA) is 94.5 Å². The molecule has 1 aromatic heterocycles. The molecule has 1 heterocycles. The maximum Gasteiger partial charge on any atom is 0.416 e. The molecule has 11 heteroatoms. The van der Waals surface area contributed by atoms with Gasteiger partial charge in [-0.15, -0.1) is 0 Å². The van der Waals surface area contributed by atoms with Crippen LogP contribution in [0.3, 0.4) is 0 Å². The second-order valence-corrected chi connectivity index (χ2v) is 7.11. The number of nitrogens with one attached hydrogen (secondary N) is 2. The number of carbonyl (C=O) groups excluding carboxylic acids is 2. The van der Waals surface area contributed by atoms with Gasteiger partial charge in [-0.25, -0.2) is 14.3 Å². The third kappa shape index (κ3) is 6.13. The first-order chi connectivity index (χ1) is 16.2. The summed E-state index contributed by atoms with van der Waals surface area (Å²) < 4.78 is 51.5. The number of aromatic nitrogens is 2. The van der Waals surface area contributed by atoms with Gasteiger partial charge in [-0.1, -0.05) is 30.3 Å². The van der Waals surface area contributed by atoms with Crippen molar-refractivity contribution in [3.63, 3.8) is 0 Å². The summed E-state index contributed by atoms with van der Waals surface area (Å²) >= 11 is 0. The monoisotopic (exact) mass is 476 g/mol. The highest BCUT2D eigenvalue weighted by molar-refractivity contribution is 5.92. The van der Waals surface area contributed by atoms with Gasteiger partial charge in [-0.2, -0.15) is 18.3 Å². The van der Waals surface area contributed by atoms with E-state index in [0.29, 0.717) is 11.3 Å². The Morgan fingerprint density at radius 1 is 1.09 bits per heavy atom. The third-order valence-corrected chi connectivity index (χ3v) is 4.66. The van der Waals surface area contributed by atoms with E-state index in [1.807, 2.05) is 0 Å². The summed E-state index contributed by atoms with van der Waals surface area (Å²) in [6.07, 6.45) is -4.58. The number of hydrogen-bond donors (Lipinski definition) is 2. The number of esters is 1. The average molecular weight is 476 g/mol. The lowest BCUT2D eigenvalue weighted by Crippen LogP contribution is -2.30. The van der Waals surface area contributed by atoms with Crippen LogP contribution in [0.1, 0.15) is 34.1 Å². The van der Waals surface area contributed by atoms with Crippen LogP contribution in [0, 0.1) is 0 Å². The van der Waals surface area contributed by atoms with Crippen LogP contribution in [0.4, 0.5) is 23.8 Å². The number of halogens is 3. The van der Waals surface area contributed by atoms with E-state index in [-0.39, 0.29) is 36.8 Å². The van der Waals surface area contributed by atoms with Crippen LogP contribution in [0.2, 0.25) is 0 Å². The molecule has 0 radical (unpaired) electrons. The van der Waals surface area contributed by atoms with E-state index < -0.39 is 23.7 Å². The van der Waals surface area contributed by atoms with Gasteiger partial charge in [0.2, 0.25) is 0 Å². The zero-order chi connectivity index (χ0) is 24.7. The lowest BCUT2D eigenvalue weighted by Gasteiger charge is -2.15. The Balaban J connectivity index is 1.81. The van der Waals surface area contributed by atoms with Crippen molar-refractivity contribution in [3.8, 4) is 5.69 Å². The van der Waals surface area contributed by atoms with Crippen LogP contribution >= 0.6 is 0 Å². The molecule has 3 rings (SSSR count). The van der Waals surface area contributed by atoms with Gasteiger partial charge in [0.15, 0.2) is 5.69 Å². The van der Waals surface area contributed by atoms with Gasteiger partial charge in [-0.3, -0.25) is 5.32 Å². The van der Waals surface area contributed by atoms with E-state index >= 15 is 0 Å². The first-order valence-electron chi connectivity index (χ1n) is 10.3. The summed E-state index contributed by atoms with van der Waals surface area (Å²) in [5, 5.41) is 9.14. The zero-order valence-electron chi connectivity index (χ0n) is 18.5. The quantitative estimate of drug-likeness (QED) is 0.466. The number of ether oxygens (including phenoxy) is 2. The number of benzene rings is 2. The summed E-state index contributed by atoms with van der Waals surface area (Å²) in [7, 11) is 1.43. The Labute approximate surface area is 193 Å². The van der Waals surface area contributed by atoms with E-state index in [1.54, 1.807) is 37.3 Å². The Bertz CT molecular complexity index is 1150. The highest BCUT2D eigenvalue weighted by Gasteiger charge is 2.33. The summed E-state index contributed by atoms with van der Waals surface area (Å²) in [5.74, 6) is -0.540. The van der Waals surface area contributed by atoms with Gasteiger partial charge in [0.05, 0.1) is 24.5 Å². The number of methoxy groups -OCH3 is 1. The molecule has 0 aliphatic rings. The summed E-state index contributed by atoms with van der Waals surface area (Å²) in [5.41, 5.74) is 0.0918. The lowest BCUT2D eigenvalue weighted by atomic mass is 10.0. The van der Waals surface area contributed by atoms with Crippen molar-refractivity contribution in [3.05, 3.63) is 77.0 Å². The number of hydrogen-bond acceptors (Lipinski definition) is 5. The smallest absolute Gasteiger partial charge is 0.416 e. The van der Waals surface area contributed by atoms with E-state index in [9.17, 15) is 22.8 Å². The van der Waals surface area contributed by atoms with E-state index in [0.717, 1.165) is 6.07 Å². The molecule has 0 spiro atoms. The number of para-hydroxylation sites is 1. The van der Waals surface area contributed by atoms with Crippen LogP contribution in [0.5, 0.6) is 0 Å². The van der Waals surface area contributed by atoms with Crippen molar-refractivity contribution in [1.82, 2.24) is 15.1 Å². The number of rotatable bonds is 8. The minimum absolute atomic E-state index is 0.0346. The number of amides is 2. The lowest BCUT2D eigenvalue weighted by molar-refractivity contribution is -0.138. The van der Waals surface area contributed by atoms with Crippen molar-refractivity contribution in [2.24, 2.45) is 0 Å². The zero-order valence-corrected chi connectivity index (χ0v) is 18.5. The molecule has 34 heavy (non-hydrogen) atoms. The van der Waals surface area contributed by atoms with Crippen LogP contribution in [0.25, 0.3) is 5.69 Å². The Hall–Kier alpha value is -3.86. The van der Waals surface area contributed by atoms with E-state index in [1.165, 1.54) is 30.0 Å². The van der Waals surface area contributed by atoms with Gasteiger partial charge >= 0.3 is 18.2 Å². The molecule has 0 aliphatic carbocycles. The molecule has 3 aromatic rings. The second-order valence-electron chi connectivity index (χ2n) is 7.11. The second kappa shape index (κ2) is 10.8. The average Bonchev–Trinajstić information content (AvgIpc) is 3.22. The van der Waals surface area contributed by atoms with Crippen molar-refractivity contribution in [2.75, 3.05) is 19.0 Å². The number of urea groups is 1. The number of alkyl halides is 3. The van der Waals surface area contributed by atoms with Crippen LogP contribution in [-0.4, -0.2) is 35.5 Å². The molecule has 0 atom stereocenters. The summed E-state index contributed by atoms with van der Waals surface area (Å²) in [6.45, 7) is 1.53. The summed E-state index contributed by atoms with van der Waals surface area (Å²) in [4.78, 5) is 24.7. The van der Waals surface area contributed by atoms with E-state index in [2.05, 4.69) is 15.7 Å². The Morgan fingerprint density at radius 3 is 2.47 bits per heavy atom. The maximum atomic E-state index is 13.4. The van der Waals surface area contributed by atoms with Crippen molar-refractivity contribution < 1.29 is 32.2 Å². The van der Waals surface area contributed by atoms with Gasteiger partial charge < -0.3 is 14.8 Å². The Kier molecular flexibility index (Phi) is 7.90. The fraction of sp³-hybridized carbons (Fsp3) is 0.261. The van der Waals surface area contributed by atoms with Gasteiger partial charge in [0, 0.05) is 19.7 Å². The van der Waals surface area contributed by atoms with Gasteiger partial charge in [0.25, 0.3) is 0 Å². The molecule has 0 unspecified atom stereocenters. The molecule has 2 aromatic carbocycles. The van der Waals surface area contributed by atoms with Crippen LogP contribution < -0.4 is 10.6 Å². The van der Waals surface area contributed by atoms with Crippen molar-refractivity contribution in [1.29, 1.82) is 0 Å². The fourth-order valence-electron chi connectivity index (χ4n) is 3.20. The molecule has 0 fully saturated rings. The highest BCUT2D eigenvalue weighted by atomic mass is 19.4. The van der Waals surface area contributed by atoms with Gasteiger partial charge in [-0.05, 0) is 36.2 Å². The SMILES string of the molecule is CCOC(=O)c1cc(NC(=O)NCc2cc(COC)ccc2C(F)(F)F)n(-c2ccccc2)n1.